The SMILES string of the molecule is CCC(C)(C#N)NC(=O)c1ccc(F)cc1[N+](=O)[O-]. The van der Waals surface area contributed by atoms with Gasteiger partial charge in [-0.2, -0.15) is 5.26 Å². The minimum atomic E-state index is -1.13. The summed E-state index contributed by atoms with van der Waals surface area (Å²) in [6, 6.07) is 4.56. The van der Waals surface area contributed by atoms with Gasteiger partial charge >= 0.3 is 0 Å². The van der Waals surface area contributed by atoms with Crippen LogP contribution in [0, 0.1) is 27.3 Å². The second-order valence-electron chi connectivity index (χ2n) is 4.17. The Morgan fingerprint density at radius 3 is 2.74 bits per heavy atom. The lowest BCUT2D eigenvalue weighted by Crippen LogP contribution is -2.44. The Morgan fingerprint density at radius 2 is 2.26 bits per heavy atom. The zero-order valence-electron chi connectivity index (χ0n) is 10.4. The number of carbonyl (C=O) groups excluding carboxylic acids is 1. The molecule has 0 aliphatic heterocycles. The number of nitrogens with one attached hydrogen (secondary N) is 1. The maximum Gasteiger partial charge on any atom is 0.285 e. The van der Waals surface area contributed by atoms with E-state index in [1.165, 1.54) is 6.92 Å². The molecule has 0 fully saturated rings. The van der Waals surface area contributed by atoms with Crippen LogP contribution in [0.1, 0.15) is 30.6 Å². The lowest BCUT2D eigenvalue weighted by atomic mass is 10.00. The van der Waals surface area contributed by atoms with Crippen molar-refractivity contribution in [2.45, 2.75) is 25.8 Å². The lowest BCUT2D eigenvalue weighted by molar-refractivity contribution is -0.385. The quantitative estimate of drug-likeness (QED) is 0.666. The number of hydrogen-bond acceptors (Lipinski definition) is 4. The van der Waals surface area contributed by atoms with Gasteiger partial charge in [-0.05, 0) is 25.5 Å². The van der Waals surface area contributed by atoms with E-state index in [9.17, 15) is 19.3 Å². The van der Waals surface area contributed by atoms with Crippen LogP contribution in [0.5, 0.6) is 0 Å². The first-order valence-electron chi connectivity index (χ1n) is 5.50. The molecule has 1 aromatic carbocycles. The van der Waals surface area contributed by atoms with Crippen LogP contribution in [0.2, 0.25) is 0 Å². The van der Waals surface area contributed by atoms with E-state index < -0.39 is 27.9 Å². The number of nitriles is 1. The maximum absolute atomic E-state index is 13.0. The van der Waals surface area contributed by atoms with Crippen molar-refractivity contribution in [2.24, 2.45) is 0 Å². The molecule has 0 spiro atoms. The predicted molar refractivity (Wildman–Crippen MR) is 64.8 cm³/mol. The first-order valence-corrected chi connectivity index (χ1v) is 5.50. The fourth-order valence-corrected chi connectivity index (χ4v) is 1.36. The van der Waals surface area contributed by atoms with Gasteiger partial charge in [-0.25, -0.2) is 4.39 Å². The van der Waals surface area contributed by atoms with Gasteiger partial charge in [-0.3, -0.25) is 14.9 Å². The van der Waals surface area contributed by atoms with Gasteiger partial charge in [0.1, 0.15) is 16.9 Å². The molecule has 0 heterocycles. The molecule has 1 atom stereocenters. The monoisotopic (exact) mass is 265 g/mol. The molecule has 0 saturated heterocycles. The van der Waals surface area contributed by atoms with Crippen LogP contribution in [0.3, 0.4) is 0 Å². The van der Waals surface area contributed by atoms with Crippen molar-refractivity contribution in [1.29, 1.82) is 5.26 Å². The highest BCUT2D eigenvalue weighted by atomic mass is 19.1. The first-order chi connectivity index (χ1) is 8.83. The molecule has 1 unspecified atom stereocenters. The van der Waals surface area contributed by atoms with E-state index in [0.29, 0.717) is 12.5 Å². The van der Waals surface area contributed by atoms with E-state index in [1.54, 1.807) is 6.92 Å². The van der Waals surface area contributed by atoms with E-state index in [2.05, 4.69) is 5.32 Å². The summed E-state index contributed by atoms with van der Waals surface area (Å²) >= 11 is 0. The molecule has 0 saturated carbocycles. The number of carbonyl (C=O) groups is 1. The molecule has 0 aliphatic carbocycles. The molecular weight excluding hydrogens is 253 g/mol. The van der Waals surface area contributed by atoms with Crippen molar-refractivity contribution in [3.05, 3.63) is 39.7 Å². The van der Waals surface area contributed by atoms with Crippen LogP contribution >= 0.6 is 0 Å². The summed E-state index contributed by atoms with van der Waals surface area (Å²) in [6.45, 7) is 3.20. The Kier molecular flexibility index (Phi) is 4.17. The standard InChI is InChI=1S/C12H12FN3O3/c1-3-12(2,7-14)15-11(17)9-5-4-8(13)6-10(9)16(18)19/h4-6H,3H2,1-2H3,(H,15,17). The number of rotatable bonds is 4. The van der Waals surface area contributed by atoms with Crippen molar-refractivity contribution in [1.82, 2.24) is 5.32 Å². The van der Waals surface area contributed by atoms with Gasteiger partial charge < -0.3 is 5.32 Å². The highest BCUT2D eigenvalue weighted by molar-refractivity contribution is 5.98. The van der Waals surface area contributed by atoms with Crippen molar-refractivity contribution < 1.29 is 14.1 Å². The summed E-state index contributed by atoms with van der Waals surface area (Å²) in [5.41, 5.74) is -2.03. The molecule has 1 amide bonds. The Hall–Kier alpha value is -2.49. The number of halogens is 1. The third kappa shape index (κ3) is 3.25. The first kappa shape index (κ1) is 14.6. The van der Waals surface area contributed by atoms with Crippen LogP contribution in [0.4, 0.5) is 10.1 Å². The number of benzene rings is 1. The molecule has 100 valence electrons. The van der Waals surface area contributed by atoms with E-state index in [1.807, 2.05) is 6.07 Å². The third-order valence-electron chi connectivity index (χ3n) is 2.74. The molecule has 19 heavy (non-hydrogen) atoms. The molecule has 0 radical (unpaired) electrons. The molecule has 6 nitrogen and oxygen atoms in total. The maximum atomic E-state index is 13.0. The van der Waals surface area contributed by atoms with Gasteiger partial charge in [0.05, 0.1) is 17.1 Å². The van der Waals surface area contributed by atoms with E-state index in [4.69, 9.17) is 5.26 Å². The molecule has 7 heteroatoms. The Labute approximate surface area is 109 Å². The largest absolute Gasteiger partial charge is 0.334 e. The summed E-state index contributed by atoms with van der Waals surface area (Å²) < 4.78 is 13.0. The smallest absolute Gasteiger partial charge is 0.285 e. The average molecular weight is 265 g/mol. The van der Waals surface area contributed by atoms with E-state index >= 15 is 0 Å². The Bertz CT molecular complexity index is 568. The fraction of sp³-hybridized carbons (Fsp3) is 0.333. The van der Waals surface area contributed by atoms with E-state index in [0.717, 1.165) is 12.1 Å². The fourth-order valence-electron chi connectivity index (χ4n) is 1.36. The molecular formula is C12H12FN3O3. The second-order valence-corrected chi connectivity index (χ2v) is 4.17. The lowest BCUT2D eigenvalue weighted by Gasteiger charge is -2.21. The highest BCUT2D eigenvalue weighted by Gasteiger charge is 2.28. The molecule has 1 rings (SSSR count). The predicted octanol–water partition coefficient (Wildman–Crippen LogP) is 2.16. The van der Waals surface area contributed by atoms with Gasteiger partial charge in [-0.1, -0.05) is 6.92 Å². The Balaban J connectivity index is 3.14. The highest BCUT2D eigenvalue weighted by Crippen LogP contribution is 2.21. The zero-order valence-corrected chi connectivity index (χ0v) is 10.4. The van der Waals surface area contributed by atoms with Gasteiger partial charge in [0.25, 0.3) is 11.6 Å². The minimum Gasteiger partial charge on any atom is -0.334 e. The number of hydrogen-bond donors (Lipinski definition) is 1. The van der Waals surface area contributed by atoms with Gasteiger partial charge in [0.15, 0.2) is 0 Å². The molecule has 0 aromatic heterocycles. The van der Waals surface area contributed by atoms with Crippen LogP contribution in [0.25, 0.3) is 0 Å². The number of nitrogens with zero attached hydrogens (tertiary/aromatic N) is 2. The summed E-state index contributed by atoms with van der Waals surface area (Å²) in [5.74, 6) is -1.58. The molecule has 0 bridgehead atoms. The number of nitro groups is 1. The van der Waals surface area contributed by atoms with Crippen molar-refractivity contribution in [3.8, 4) is 6.07 Å². The minimum absolute atomic E-state index is 0.277. The second kappa shape index (κ2) is 5.44. The summed E-state index contributed by atoms with van der Waals surface area (Å²) in [4.78, 5) is 21.9. The van der Waals surface area contributed by atoms with Gasteiger partial charge in [-0.15, -0.1) is 0 Å². The summed E-state index contributed by atoms with van der Waals surface area (Å²) in [5, 5.41) is 22.1. The number of nitro benzene ring substituents is 1. The molecule has 1 aromatic rings. The number of amides is 1. The van der Waals surface area contributed by atoms with Crippen LogP contribution in [0.15, 0.2) is 18.2 Å². The van der Waals surface area contributed by atoms with Crippen LogP contribution < -0.4 is 5.32 Å². The normalized spacial score (nSPS) is 13.2. The molecule has 0 aliphatic rings. The van der Waals surface area contributed by atoms with Crippen LogP contribution in [-0.4, -0.2) is 16.4 Å². The van der Waals surface area contributed by atoms with Gasteiger partial charge in [0, 0.05) is 0 Å². The zero-order chi connectivity index (χ0) is 14.6. The Morgan fingerprint density at radius 1 is 1.63 bits per heavy atom. The van der Waals surface area contributed by atoms with Crippen molar-refractivity contribution in [3.63, 3.8) is 0 Å². The topological polar surface area (TPSA) is 96.0 Å². The van der Waals surface area contributed by atoms with Crippen LogP contribution in [-0.2, 0) is 0 Å². The third-order valence-corrected chi connectivity index (χ3v) is 2.74. The average Bonchev–Trinajstić information content (AvgIpc) is 2.38. The van der Waals surface area contributed by atoms with Crippen molar-refractivity contribution >= 4 is 11.6 Å². The molecule has 1 N–H and O–H groups in total. The van der Waals surface area contributed by atoms with Gasteiger partial charge in [0.2, 0.25) is 0 Å². The van der Waals surface area contributed by atoms with E-state index in [-0.39, 0.29) is 5.56 Å². The van der Waals surface area contributed by atoms with Crippen molar-refractivity contribution in [2.75, 3.05) is 0 Å². The summed E-state index contributed by atoms with van der Waals surface area (Å²) in [6.07, 6.45) is 0.338. The summed E-state index contributed by atoms with van der Waals surface area (Å²) in [7, 11) is 0.